The molecule has 0 aliphatic rings. The van der Waals surface area contributed by atoms with E-state index in [-0.39, 0.29) is 6.61 Å². The SMILES string of the molecule is Cn1nnc(COc2c(Br)cccc2CCN)n1. The van der Waals surface area contributed by atoms with Gasteiger partial charge < -0.3 is 10.5 Å². The number of hydrogen-bond acceptors (Lipinski definition) is 5. The molecule has 0 bridgehead atoms. The van der Waals surface area contributed by atoms with Crippen LogP contribution >= 0.6 is 15.9 Å². The molecule has 0 radical (unpaired) electrons. The van der Waals surface area contributed by atoms with E-state index in [4.69, 9.17) is 10.5 Å². The van der Waals surface area contributed by atoms with Crippen molar-refractivity contribution in [1.29, 1.82) is 0 Å². The average molecular weight is 312 g/mol. The average Bonchev–Trinajstić information content (AvgIpc) is 2.75. The van der Waals surface area contributed by atoms with Crippen LogP contribution in [-0.4, -0.2) is 26.8 Å². The number of nitrogens with two attached hydrogens (primary N) is 1. The molecule has 1 aromatic carbocycles. The Morgan fingerprint density at radius 1 is 1.44 bits per heavy atom. The van der Waals surface area contributed by atoms with Crippen LogP contribution < -0.4 is 10.5 Å². The van der Waals surface area contributed by atoms with E-state index in [0.717, 1.165) is 22.2 Å². The lowest BCUT2D eigenvalue weighted by atomic mass is 10.1. The number of aromatic nitrogens is 4. The molecule has 6 nitrogen and oxygen atoms in total. The van der Waals surface area contributed by atoms with Gasteiger partial charge in [-0.25, -0.2) is 0 Å². The van der Waals surface area contributed by atoms with Crippen molar-refractivity contribution in [2.75, 3.05) is 6.54 Å². The smallest absolute Gasteiger partial charge is 0.212 e. The molecular formula is C11H14BrN5O. The molecule has 0 aliphatic heterocycles. The van der Waals surface area contributed by atoms with Crippen LogP contribution in [0, 0.1) is 0 Å². The van der Waals surface area contributed by atoms with Crippen LogP contribution in [0.5, 0.6) is 5.75 Å². The summed E-state index contributed by atoms with van der Waals surface area (Å²) in [5.74, 6) is 1.34. The topological polar surface area (TPSA) is 78.8 Å². The number of rotatable bonds is 5. The molecule has 0 unspecified atom stereocenters. The highest BCUT2D eigenvalue weighted by Crippen LogP contribution is 2.29. The van der Waals surface area contributed by atoms with Gasteiger partial charge in [0.05, 0.1) is 11.5 Å². The maximum Gasteiger partial charge on any atom is 0.212 e. The molecular weight excluding hydrogens is 298 g/mol. The van der Waals surface area contributed by atoms with E-state index in [9.17, 15) is 0 Å². The summed E-state index contributed by atoms with van der Waals surface area (Å²) in [7, 11) is 1.72. The summed E-state index contributed by atoms with van der Waals surface area (Å²) in [6.45, 7) is 0.865. The third kappa shape index (κ3) is 3.05. The highest BCUT2D eigenvalue weighted by molar-refractivity contribution is 9.10. The van der Waals surface area contributed by atoms with Gasteiger partial charge >= 0.3 is 0 Å². The zero-order chi connectivity index (χ0) is 13.0. The van der Waals surface area contributed by atoms with Crippen molar-refractivity contribution in [2.24, 2.45) is 12.8 Å². The van der Waals surface area contributed by atoms with E-state index in [2.05, 4.69) is 31.3 Å². The van der Waals surface area contributed by atoms with Crippen LogP contribution in [0.15, 0.2) is 22.7 Å². The van der Waals surface area contributed by atoms with Gasteiger partial charge in [0.25, 0.3) is 0 Å². The van der Waals surface area contributed by atoms with Gasteiger partial charge in [-0.15, -0.1) is 10.2 Å². The molecule has 18 heavy (non-hydrogen) atoms. The van der Waals surface area contributed by atoms with Crippen LogP contribution in [0.25, 0.3) is 0 Å². The lowest BCUT2D eigenvalue weighted by Gasteiger charge is -2.11. The highest BCUT2D eigenvalue weighted by atomic mass is 79.9. The van der Waals surface area contributed by atoms with Crippen molar-refractivity contribution in [1.82, 2.24) is 20.2 Å². The van der Waals surface area contributed by atoms with E-state index in [1.165, 1.54) is 4.80 Å². The molecule has 0 fully saturated rings. The predicted molar refractivity (Wildman–Crippen MR) is 70.0 cm³/mol. The fourth-order valence-corrected chi connectivity index (χ4v) is 2.11. The summed E-state index contributed by atoms with van der Waals surface area (Å²) in [6, 6.07) is 5.89. The second-order valence-electron chi connectivity index (χ2n) is 3.75. The van der Waals surface area contributed by atoms with E-state index >= 15 is 0 Å². The number of hydrogen-bond donors (Lipinski definition) is 1. The van der Waals surface area contributed by atoms with Crippen molar-refractivity contribution in [3.8, 4) is 5.75 Å². The lowest BCUT2D eigenvalue weighted by molar-refractivity contribution is 0.290. The molecule has 2 N–H and O–H groups in total. The standard InChI is InChI=1S/C11H14BrN5O/c1-17-15-10(14-16-17)7-18-11-8(5-6-13)3-2-4-9(11)12/h2-4H,5-7,13H2,1H3. The number of ether oxygens (including phenoxy) is 1. The van der Waals surface area contributed by atoms with Gasteiger partial charge in [-0.2, -0.15) is 4.80 Å². The Labute approximate surface area is 113 Å². The highest BCUT2D eigenvalue weighted by Gasteiger charge is 2.09. The third-order valence-corrected chi connectivity index (χ3v) is 2.98. The Kier molecular flexibility index (Phi) is 4.27. The van der Waals surface area contributed by atoms with E-state index < -0.39 is 0 Å². The molecule has 7 heteroatoms. The Morgan fingerprint density at radius 2 is 2.28 bits per heavy atom. The van der Waals surface area contributed by atoms with Gasteiger partial charge in [0.2, 0.25) is 5.82 Å². The van der Waals surface area contributed by atoms with Crippen LogP contribution in [0.2, 0.25) is 0 Å². The van der Waals surface area contributed by atoms with Gasteiger partial charge in [-0.05, 0) is 45.7 Å². The van der Waals surface area contributed by atoms with Crippen LogP contribution in [0.4, 0.5) is 0 Å². The lowest BCUT2D eigenvalue weighted by Crippen LogP contribution is -2.06. The number of nitrogens with zero attached hydrogens (tertiary/aromatic N) is 4. The fraction of sp³-hybridized carbons (Fsp3) is 0.364. The van der Waals surface area contributed by atoms with Crippen molar-refractivity contribution < 1.29 is 4.74 Å². The Balaban J connectivity index is 2.12. The van der Waals surface area contributed by atoms with Crippen LogP contribution in [0.1, 0.15) is 11.4 Å². The summed E-state index contributed by atoms with van der Waals surface area (Å²) in [6.07, 6.45) is 0.767. The molecule has 96 valence electrons. The second-order valence-corrected chi connectivity index (χ2v) is 4.60. The van der Waals surface area contributed by atoms with Gasteiger partial charge in [-0.1, -0.05) is 12.1 Å². The minimum atomic E-state index is 0.286. The normalized spacial score (nSPS) is 10.6. The van der Waals surface area contributed by atoms with Crippen LogP contribution in [0.3, 0.4) is 0 Å². The Hall–Kier alpha value is -1.47. The molecule has 0 saturated carbocycles. The van der Waals surface area contributed by atoms with Crippen molar-refractivity contribution in [2.45, 2.75) is 13.0 Å². The van der Waals surface area contributed by atoms with Gasteiger partial charge in [0.1, 0.15) is 5.75 Å². The van der Waals surface area contributed by atoms with Gasteiger partial charge in [0, 0.05) is 0 Å². The third-order valence-electron chi connectivity index (χ3n) is 2.36. The Bertz CT molecular complexity index is 528. The predicted octanol–water partition coefficient (Wildman–Crippen LogP) is 1.05. The van der Waals surface area contributed by atoms with E-state index in [1.54, 1.807) is 7.05 Å². The van der Waals surface area contributed by atoms with E-state index in [1.807, 2.05) is 18.2 Å². The number of halogens is 1. The maximum atomic E-state index is 5.74. The molecule has 1 aromatic heterocycles. The van der Waals surface area contributed by atoms with Gasteiger partial charge in [-0.3, -0.25) is 0 Å². The van der Waals surface area contributed by atoms with E-state index in [0.29, 0.717) is 12.4 Å². The maximum absolute atomic E-state index is 5.74. The number of aryl methyl sites for hydroxylation is 1. The first kappa shape index (κ1) is 13.0. The first-order chi connectivity index (χ1) is 8.70. The number of tetrazole rings is 1. The summed E-state index contributed by atoms with van der Waals surface area (Å²) in [4.78, 5) is 1.40. The first-order valence-electron chi connectivity index (χ1n) is 5.54. The molecule has 0 atom stereocenters. The number of benzene rings is 1. The summed E-state index contributed by atoms with van der Waals surface area (Å²) >= 11 is 3.47. The second kappa shape index (κ2) is 5.92. The number of para-hydroxylation sites is 1. The van der Waals surface area contributed by atoms with Crippen molar-refractivity contribution >= 4 is 15.9 Å². The quantitative estimate of drug-likeness (QED) is 0.893. The summed E-state index contributed by atoms with van der Waals surface area (Å²) < 4.78 is 6.64. The summed E-state index contributed by atoms with van der Waals surface area (Å²) in [5.41, 5.74) is 6.65. The molecule has 0 aliphatic carbocycles. The van der Waals surface area contributed by atoms with Crippen molar-refractivity contribution in [3.05, 3.63) is 34.1 Å². The summed E-state index contributed by atoms with van der Waals surface area (Å²) in [5, 5.41) is 11.7. The molecule has 2 rings (SSSR count). The molecule has 0 saturated heterocycles. The Morgan fingerprint density at radius 3 is 2.94 bits per heavy atom. The molecule has 0 amide bonds. The fourth-order valence-electron chi connectivity index (χ4n) is 1.59. The van der Waals surface area contributed by atoms with Crippen molar-refractivity contribution in [3.63, 3.8) is 0 Å². The molecule has 1 heterocycles. The molecule has 0 spiro atoms. The molecule has 2 aromatic rings. The monoisotopic (exact) mass is 311 g/mol. The minimum Gasteiger partial charge on any atom is -0.484 e. The first-order valence-corrected chi connectivity index (χ1v) is 6.33. The zero-order valence-electron chi connectivity index (χ0n) is 10.0. The van der Waals surface area contributed by atoms with Crippen LogP contribution in [-0.2, 0) is 20.1 Å². The minimum absolute atomic E-state index is 0.286. The zero-order valence-corrected chi connectivity index (χ0v) is 11.6. The van der Waals surface area contributed by atoms with Gasteiger partial charge in [0.15, 0.2) is 6.61 Å². The largest absolute Gasteiger partial charge is 0.484 e.